The summed E-state index contributed by atoms with van der Waals surface area (Å²) in [5, 5.41) is 1.39. The van der Waals surface area contributed by atoms with Gasteiger partial charge in [0.05, 0.1) is 6.61 Å². The first-order valence-electron chi connectivity index (χ1n) is 10.2. The van der Waals surface area contributed by atoms with Crippen LogP contribution in [0, 0.1) is 0 Å². The number of furan rings is 1. The fourth-order valence-corrected chi connectivity index (χ4v) is 5.69. The summed E-state index contributed by atoms with van der Waals surface area (Å²) in [6, 6.07) is 10.9. The number of piperazine rings is 1. The fraction of sp³-hybridized carbons (Fsp3) is 0.273. The Kier molecular flexibility index (Phi) is 5.20. The topological polar surface area (TPSA) is 109 Å². The number of fused-ring (bicyclic) bond motifs is 2. The van der Waals surface area contributed by atoms with E-state index in [1.165, 1.54) is 10.5 Å². The van der Waals surface area contributed by atoms with Crippen LogP contribution in [0.25, 0.3) is 22.0 Å². The number of aromatic amines is 1. The van der Waals surface area contributed by atoms with Crippen molar-refractivity contribution in [2.24, 2.45) is 0 Å². The van der Waals surface area contributed by atoms with E-state index in [1.807, 2.05) is 24.3 Å². The van der Waals surface area contributed by atoms with E-state index in [0.29, 0.717) is 22.2 Å². The first-order chi connectivity index (χ1) is 15.5. The van der Waals surface area contributed by atoms with Crippen molar-refractivity contribution in [2.75, 3.05) is 33.3 Å². The number of methoxy groups -OCH3 is 1. The SMILES string of the molecule is COCc1c(C(=O)N2CCN(S(=O)(=O)c3c[nH]c4ncccc34)CC2)oc2ccccc12. The molecule has 1 aliphatic heterocycles. The number of hydrogen-bond acceptors (Lipinski definition) is 6. The summed E-state index contributed by atoms with van der Waals surface area (Å²) in [4.78, 5) is 22.1. The minimum Gasteiger partial charge on any atom is -0.451 e. The van der Waals surface area contributed by atoms with Gasteiger partial charge in [-0.2, -0.15) is 4.31 Å². The third-order valence-electron chi connectivity index (χ3n) is 5.74. The van der Waals surface area contributed by atoms with Gasteiger partial charge in [-0.3, -0.25) is 4.79 Å². The second-order valence-electron chi connectivity index (χ2n) is 7.59. The van der Waals surface area contributed by atoms with Crippen LogP contribution >= 0.6 is 0 Å². The molecule has 1 aromatic carbocycles. The molecule has 4 aromatic rings. The molecule has 1 fully saturated rings. The molecule has 0 aliphatic carbocycles. The number of benzene rings is 1. The first kappa shape index (κ1) is 20.7. The summed E-state index contributed by atoms with van der Waals surface area (Å²) >= 11 is 0. The highest BCUT2D eigenvalue weighted by atomic mass is 32.2. The van der Waals surface area contributed by atoms with Crippen LogP contribution in [0.4, 0.5) is 0 Å². The Labute approximate surface area is 184 Å². The van der Waals surface area contributed by atoms with E-state index in [4.69, 9.17) is 9.15 Å². The number of rotatable bonds is 5. The van der Waals surface area contributed by atoms with E-state index < -0.39 is 10.0 Å². The van der Waals surface area contributed by atoms with Gasteiger partial charge in [-0.1, -0.05) is 18.2 Å². The fourth-order valence-electron chi connectivity index (χ4n) is 4.12. The lowest BCUT2D eigenvalue weighted by Gasteiger charge is -2.33. The molecule has 0 radical (unpaired) electrons. The molecule has 5 rings (SSSR count). The summed E-state index contributed by atoms with van der Waals surface area (Å²) in [5.74, 6) is -0.0198. The number of nitrogens with zero attached hydrogens (tertiary/aromatic N) is 3. The quantitative estimate of drug-likeness (QED) is 0.497. The van der Waals surface area contributed by atoms with Crippen molar-refractivity contribution in [3.05, 3.63) is 60.1 Å². The van der Waals surface area contributed by atoms with Gasteiger partial charge in [0.25, 0.3) is 5.91 Å². The Balaban J connectivity index is 1.36. The van der Waals surface area contributed by atoms with E-state index in [9.17, 15) is 13.2 Å². The van der Waals surface area contributed by atoms with Crippen molar-refractivity contribution in [2.45, 2.75) is 11.5 Å². The molecule has 10 heteroatoms. The maximum Gasteiger partial charge on any atom is 0.290 e. The maximum absolute atomic E-state index is 13.2. The molecule has 3 aromatic heterocycles. The second-order valence-corrected chi connectivity index (χ2v) is 9.49. The van der Waals surface area contributed by atoms with Crippen molar-refractivity contribution in [3.63, 3.8) is 0 Å². The van der Waals surface area contributed by atoms with E-state index in [0.717, 1.165) is 5.39 Å². The van der Waals surface area contributed by atoms with Gasteiger partial charge in [-0.25, -0.2) is 13.4 Å². The third-order valence-corrected chi connectivity index (χ3v) is 7.68. The van der Waals surface area contributed by atoms with Crippen LogP contribution in [-0.2, 0) is 21.4 Å². The van der Waals surface area contributed by atoms with Crippen LogP contribution in [-0.4, -0.2) is 66.8 Å². The molecular weight excluding hydrogens is 432 g/mol. The van der Waals surface area contributed by atoms with Gasteiger partial charge in [0.15, 0.2) is 5.76 Å². The molecule has 0 atom stereocenters. The van der Waals surface area contributed by atoms with Crippen LogP contribution in [0.3, 0.4) is 0 Å². The van der Waals surface area contributed by atoms with Crippen molar-refractivity contribution >= 4 is 37.9 Å². The van der Waals surface area contributed by atoms with E-state index in [-0.39, 0.29) is 49.3 Å². The van der Waals surface area contributed by atoms with Gasteiger partial charge in [-0.05, 0) is 18.2 Å². The van der Waals surface area contributed by atoms with Gasteiger partial charge in [0.1, 0.15) is 16.1 Å². The maximum atomic E-state index is 13.2. The predicted molar refractivity (Wildman–Crippen MR) is 118 cm³/mol. The summed E-state index contributed by atoms with van der Waals surface area (Å²) in [7, 11) is -2.15. The Bertz CT molecular complexity index is 1400. The summed E-state index contributed by atoms with van der Waals surface area (Å²) < 4.78 is 39.0. The molecule has 0 bridgehead atoms. The van der Waals surface area contributed by atoms with Gasteiger partial charge in [0, 0.05) is 62.0 Å². The van der Waals surface area contributed by atoms with Gasteiger partial charge in [0.2, 0.25) is 10.0 Å². The highest BCUT2D eigenvalue weighted by Crippen LogP contribution is 2.29. The van der Waals surface area contributed by atoms with Crippen molar-refractivity contribution in [1.82, 2.24) is 19.2 Å². The molecular formula is C22H22N4O5S. The average Bonchev–Trinajstić information content (AvgIpc) is 3.41. The van der Waals surface area contributed by atoms with E-state index in [1.54, 1.807) is 30.3 Å². The van der Waals surface area contributed by atoms with Crippen molar-refractivity contribution in [1.29, 1.82) is 0 Å². The Hall–Kier alpha value is -3.21. The number of carbonyl (C=O) groups is 1. The minimum absolute atomic E-state index is 0.194. The highest BCUT2D eigenvalue weighted by molar-refractivity contribution is 7.89. The highest BCUT2D eigenvalue weighted by Gasteiger charge is 2.34. The minimum atomic E-state index is -3.72. The van der Waals surface area contributed by atoms with E-state index in [2.05, 4.69) is 9.97 Å². The Morgan fingerprint density at radius 3 is 2.66 bits per heavy atom. The van der Waals surface area contributed by atoms with E-state index >= 15 is 0 Å². The van der Waals surface area contributed by atoms with Crippen LogP contribution in [0.15, 0.2) is 58.1 Å². The summed E-state index contributed by atoms with van der Waals surface area (Å²) in [6.07, 6.45) is 3.07. The number of H-pyrrole nitrogens is 1. The van der Waals surface area contributed by atoms with Gasteiger partial charge >= 0.3 is 0 Å². The molecule has 1 saturated heterocycles. The van der Waals surface area contributed by atoms with Gasteiger partial charge in [-0.15, -0.1) is 0 Å². The lowest BCUT2D eigenvalue weighted by atomic mass is 10.1. The smallest absolute Gasteiger partial charge is 0.290 e. The number of para-hydroxylation sites is 1. The van der Waals surface area contributed by atoms with Crippen LogP contribution in [0.2, 0.25) is 0 Å². The number of sulfonamides is 1. The number of aromatic nitrogens is 2. The molecule has 0 saturated carbocycles. The molecule has 32 heavy (non-hydrogen) atoms. The number of nitrogens with one attached hydrogen (secondary N) is 1. The Morgan fingerprint density at radius 2 is 1.88 bits per heavy atom. The Morgan fingerprint density at radius 1 is 1.12 bits per heavy atom. The zero-order chi connectivity index (χ0) is 22.3. The molecule has 1 amide bonds. The number of pyridine rings is 1. The number of carbonyl (C=O) groups excluding carboxylic acids is 1. The monoisotopic (exact) mass is 454 g/mol. The molecule has 9 nitrogen and oxygen atoms in total. The lowest BCUT2D eigenvalue weighted by molar-refractivity contribution is 0.0662. The van der Waals surface area contributed by atoms with Crippen molar-refractivity contribution < 1.29 is 22.4 Å². The third kappa shape index (κ3) is 3.36. The summed E-state index contributed by atoms with van der Waals surface area (Å²) in [5.41, 5.74) is 1.85. The number of ether oxygens (including phenoxy) is 1. The van der Waals surface area contributed by atoms with Gasteiger partial charge < -0.3 is 19.0 Å². The second kappa shape index (κ2) is 8.05. The number of amides is 1. The number of hydrogen-bond donors (Lipinski definition) is 1. The molecule has 0 unspecified atom stereocenters. The molecule has 1 aliphatic rings. The molecule has 1 N–H and O–H groups in total. The van der Waals surface area contributed by atoms with Crippen molar-refractivity contribution in [3.8, 4) is 0 Å². The zero-order valence-corrected chi connectivity index (χ0v) is 18.3. The standard InChI is InChI=1S/C22H22N4O5S/c1-30-14-17-15-5-2-3-7-18(15)31-20(17)22(27)25-9-11-26(12-10-25)32(28,29)19-13-24-21-16(19)6-4-8-23-21/h2-8,13H,9-12,14H2,1H3,(H,23,24). The van der Waals surface area contributed by atoms with Crippen LogP contribution in [0.1, 0.15) is 16.1 Å². The molecule has 4 heterocycles. The average molecular weight is 455 g/mol. The largest absolute Gasteiger partial charge is 0.451 e. The predicted octanol–water partition coefficient (Wildman–Crippen LogP) is 2.60. The van der Waals surface area contributed by atoms with Crippen LogP contribution in [0.5, 0.6) is 0 Å². The zero-order valence-electron chi connectivity index (χ0n) is 17.4. The lowest BCUT2D eigenvalue weighted by Crippen LogP contribution is -2.50. The molecule has 0 spiro atoms. The van der Waals surface area contributed by atoms with Crippen LogP contribution < -0.4 is 0 Å². The summed E-state index contributed by atoms with van der Waals surface area (Å²) in [6.45, 7) is 1.17. The first-order valence-corrected chi connectivity index (χ1v) is 11.7. The molecule has 166 valence electrons. The normalized spacial score (nSPS) is 15.6.